The number of hydrogen-bond donors (Lipinski definition) is 3. The summed E-state index contributed by atoms with van der Waals surface area (Å²) in [6, 6.07) is 13.2. The Balaban J connectivity index is 1.32. The number of benzene rings is 2. The van der Waals surface area contributed by atoms with Crippen molar-refractivity contribution >= 4 is 39.9 Å². The molecule has 3 N–H and O–H groups in total. The van der Waals surface area contributed by atoms with E-state index in [1.54, 1.807) is 18.3 Å². The van der Waals surface area contributed by atoms with Crippen molar-refractivity contribution in [2.24, 2.45) is 5.92 Å². The highest BCUT2D eigenvalue weighted by molar-refractivity contribution is 7.83. The maximum Gasteiger partial charge on any atom is 0.229 e. The van der Waals surface area contributed by atoms with Crippen LogP contribution in [0, 0.1) is 11.7 Å². The van der Waals surface area contributed by atoms with Gasteiger partial charge in [-0.15, -0.1) is 0 Å². The number of fused-ring (bicyclic) bond motifs is 4. The number of hydrogen-bond acceptors (Lipinski definition) is 7. The Morgan fingerprint density at radius 1 is 1.09 bits per heavy atom. The van der Waals surface area contributed by atoms with Crippen LogP contribution < -0.4 is 20.3 Å². The fourth-order valence-electron chi connectivity index (χ4n) is 4.39. The molecule has 1 atom stereocenters. The monoisotopic (exact) mass is 494 g/mol. The van der Waals surface area contributed by atoms with E-state index in [-0.39, 0.29) is 17.5 Å². The lowest BCUT2D eigenvalue weighted by molar-refractivity contribution is 0.0900. The SMILES string of the molecule is O=C(c1ccc(F)cc1)C1CCN(c2cnc3nc2NCCCNS(=O)c2cccc(c2)N3)CC1. The van der Waals surface area contributed by atoms with Crippen molar-refractivity contribution in [3.8, 4) is 0 Å². The van der Waals surface area contributed by atoms with Crippen molar-refractivity contribution in [2.75, 3.05) is 41.7 Å². The highest BCUT2D eigenvalue weighted by atomic mass is 32.2. The highest BCUT2D eigenvalue weighted by Crippen LogP contribution is 2.31. The molecular formula is C25H27FN6O2S. The molecule has 3 aromatic rings. The third kappa shape index (κ3) is 5.49. The molecule has 0 spiro atoms. The van der Waals surface area contributed by atoms with Gasteiger partial charge in [0, 0.05) is 43.3 Å². The number of anilines is 4. The molecule has 0 saturated carbocycles. The zero-order valence-electron chi connectivity index (χ0n) is 19.2. The normalized spacial score (nSPS) is 18.9. The molecule has 1 unspecified atom stereocenters. The summed E-state index contributed by atoms with van der Waals surface area (Å²) in [6.07, 6.45) is 3.99. The Morgan fingerprint density at radius 3 is 2.69 bits per heavy atom. The molecule has 3 heterocycles. The number of nitrogens with zero attached hydrogens (tertiary/aromatic N) is 3. The van der Waals surface area contributed by atoms with Crippen LogP contribution in [0.25, 0.3) is 0 Å². The van der Waals surface area contributed by atoms with Crippen LogP contribution in [-0.4, -0.2) is 46.1 Å². The number of rotatable bonds is 3. The van der Waals surface area contributed by atoms with E-state index in [1.165, 1.54) is 12.1 Å². The van der Waals surface area contributed by atoms with E-state index in [0.29, 0.717) is 55.4 Å². The van der Waals surface area contributed by atoms with Crippen molar-refractivity contribution in [2.45, 2.75) is 24.2 Å². The predicted octanol–water partition coefficient (Wildman–Crippen LogP) is 3.89. The summed E-state index contributed by atoms with van der Waals surface area (Å²) in [5.41, 5.74) is 2.21. The molecule has 5 rings (SSSR count). The smallest absolute Gasteiger partial charge is 0.229 e. The zero-order chi connectivity index (χ0) is 24.2. The van der Waals surface area contributed by atoms with Crippen molar-refractivity contribution in [3.63, 3.8) is 0 Å². The first-order chi connectivity index (χ1) is 17.1. The van der Waals surface area contributed by atoms with E-state index in [1.807, 2.05) is 24.3 Å². The van der Waals surface area contributed by atoms with Gasteiger partial charge in [-0.3, -0.25) is 4.79 Å². The second kappa shape index (κ2) is 10.5. The Labute approximate surface area is 206 Å². The van der Waals surface area contributed by atoms with Gasteiger partial charge in [0.2, 0.25) is 5.95 Å². The van der Waals surface area contributed by atoms with Gasteiger partial charge in [-0.2, -0.15) is 4.98 Å². The molecule has 35 heavy (non-hydrogen) atoms. The first-order valence-corrected chi connectivity index (χ1v) is 12.9. The number of aromatic nitrogens is 2. The molecule has 4 bridgehead atoms. The van der Waals surface area contributed by atoms with Crippen molar-refractivity contribution in [1.29, 1.82) is 0 Å². The molecule has 10 heteroatoms. The van der Waals surface area contributed by atoms with Crippen LogP contribution >= 0.6 is 0 Å². The van der Waals surface area contributed by atoms with Crippen molar-refractivity contribution in [1.82, 2.24) is 14.7 Å². The molecule has 2 aliphatic rings. The van der Waals surface area contributed by atoms with Crippen LogP contribution in [0.15, 0.2) is 59.6 Å². The number of Topliss-reactive ketones (excluding diaryl/α,β-unsaturated/α-hetero) is 1. The Morgan fingerprint density at radius 2 is 1.89 bits per heavy atom. The van der Waals surface area contributed by atoms with E-state index < -0.39 is 11.0 Å². The molecule has 1 aromatic heterocycles. The molecular weight excluding hydrogens is 467 g/mol. The molecule has 2 aromatic carbocycles. The lowest BCUT2D eigenvalue weighted by atomic mass is 9.89. The maximum atomic E-state index is 13.2. The van der Waals surface area contributed by atoms with Crippen LogP contribution in [0.4, 0.5) is 27.5 Å². The second-order valence-electron chi connectivity index (χ2n) is 8.66. The summed E-state index contributed by atoms with van der Waals surface area (Å²) in [6.45, 7) is 2.65. The number of halogens is 1. The summed E-state index contributed by atoms with van der Waals surface area (Å²) < 4.78 is 28.7. The van der Waals surface area contributed by atoms with Crippen LogP contribution in [0.3, 0.4) is 0 Å². The average molecular weight is 495 g/mol. The van der Waals surface area contributed by atoms with Crippen molar-refractivity contribution in [3.05, 3.63) is 66.1 Å². The van der Waals surface area contributed by atoms with Gasteiger partial charge < -0.3 is 15.5 Å². The molecule has 0 aliphatic carbocycles. The lowest BCUT2D eigenvalue weighted by Gasteiger charge is -2.33. The van der Waals surface area contributed by atoms with E-state index in [4.69, 9.17) is 4.98 Å². The lowest BCUT2D eigenvalue weighted by Crippen LogP contribution is -2.37. The molecule has 0 radical (unpaired) electrons. The number of carbonyl (C=O) groups excluding carboxylic acids is 1. The molecule has 182 valence electrons. The minimum absolute atomic E-state index is 0.0661. The second-order valence-corrected chi connectivity index (χ2v) is 9.95. The number of piperidine rings is 1. The fraction of sp³-hybridized carbons (Fsp3) is 0.320. The Hall–Kier alpha value is -3.37. The quantitative estimate of drug-likeness (QED) is 0.475. The number of carbonyl (C=O) groups is 1. The number of ketones is 1. The van der Waals surface area contributed by atoms with Gasteiger partial charge in [0.05, 0.1) is 16.8 Å². The zero-order valence-corrected chi connectivity index (χ0v) is 20.0. The average Bonchev–Trinajstić information content (AvgIpc) is 2.89. The summed E-state index contributed by atoms with van der Waals surface area (Å²) in [4.78, 5) is 25.0. The third-order valence-electron chi connectivity index (χ3n) is 6.29. The highest BCUT2D eigenvalue weighted by Gasteiger charge is 2.27. The van der Waals surface area contributed by atoms with E-state index >= 15 is 0 Å². The van der Waals surface area contributed by atoms with Gasteiger partial charge in [-0.1, -0.05) is 6.07 Å². The first kappa shape index (κ1) is 23.4. The molecule has 1 fully saturated rings. The molecule has 8 nitrogen and oxygen atoms in total. The van der Waals surface area contributed by atoms with Crippen LogP contribution in [0.5, 0.6) is 0 Å². The Kier molecular flexibility index (Phi) is 7.01. The van der Waals surface area contributed by atoms with Gasteiger partial charge in [0.1, 0.15) is 16.8 Å². The van der Waals surface area contributed by atoms with E-state index in [0.717, 1.165) is 23.6 Å². The number of nitrogens with one attached hydrogen (secondary N) is 3. The topological polar surface area (TPSA) is 99.2 Å². The fourth-order valence-corrected chi connectivity index (χ4v) is 5.32. The van der Waals surface area contributed by atoms with Crippen LogP contribution in [0.1, 0.15) is 29.6 Å². The van der Waals surface area contributed by atoms with Gasteiger partial charge >= 0.3 is 0 Å². The molecule has 1 saturated heterocycles. The summed E-state index contributed by atoms with van der Waals surface area (Å²) in [5.74, 6) is 0.815. The van der Waals surface area contributed by atoms with Gasteiger partial charge in [-0.05, 0) is 61.7 Å². The van der Waals surface area contributed by atoms with Gasteiger partial charge in [0.25, 0.3) is 0 Å². The van der Waals surface area contributed by atoms with E-state index in [9.17, 15) is 13.4 Å². The Bertz CT molecular complexity index is 1230. The first-order valence-electron chi connectivity index (χ1n) is 11.7. The van der Waals surface area contributed by atoms with Gasteiger partial charge in [0.15, 0.2) is 11.6 Å². The van der Waals surface area contributed by atoms with Gasteiger partial charge in [-0.25, -0.2) is 18.3 Å². The third-order valence-corrected chi connectivity index (χ3v) is 7.44. The largest absolute Gasteiger partial charge is 0.368 e. The summed E-state index contributed by atoms with van der Waals surface area (Å²) in [5, 5.41) is 6.60. The predicted molar refractivity (Wildman–Crippen MR) is 135 cm³/mol. The van der Waals surface area contributed by atoms with Crippen molar-refractivity contribution < 1.29 is 13.4 Å². The minimum Gasteiger partial charge on any atom is -0.368 e. The summed E-state index contributed by atoms with van der Waals surface area (Å²) >= 11 is 0. The van der Waals surface area contributed by atoms with E-state index in [2.05, 4.69) is 25.2 Å². The minimum atomic E-state index is -1.28. The van der Waals surface area contributed by atoms with Crippen LogP contribution in [-0.2, 0) is 11.0 Å². The van der Waals surface area contributed by atoms with Crippen LogP contribution in [0.2, 0.25) is 0 Å². The molecule has 2 aliphatic heterocycles. The maximum absolute atomic E-state index is 13.2. The summed E-state index contributed by atoms with van der Waals surface area (Å²) in [7, 11) is -1.28. The molecule has 0 amide bonds. The standard InChI is InChI=1S/C25H27FN6O2S/c26-19-7-5-17(6-8-19)23(33)18-9-13-32(14-10-18)22-16-28-25-30-20-3-1-4-21(15-20)35(34)29-12-2-11-27-24(22)31-25/h1,3-8,15-16,18,29H,2,9-14H2,(H2,27,28,30,31).